The molecule has 0 atom stereocenters. The van der Waals surface area contributed by atoms with E-state index in [0.29, 0.717) is 0 Å². The van der Waals surface area contributed by atoms with Crippen molar-refractivity contribution in [3.05, 3.63) is 58.7 Å². The van der Waals surface area contributed by atoms with E-state index >= 15 is 0 Å². The molecule has 0 aliphatic carbocycles. The van der Waals surface area contributed by atoms with E-state index < -0.39 is 0 Å². The van der Waals surface area contributed by atoms with Gasteiger partial charge in [0.05, 0.1) is 22.8 Å². The molecule has 0 radical (unpaired) electrons. The van der Waals surface area contributed by atoms with Crippen LogP contribution in [0.4, 0.5) is 11.4 Å². The Bertz CT molecular complexity index is 1020. The van der Waals surface area contributed by atoms with Crippen LogP contribution in [0.15, 0.2) is 46.4 Å². The Kier molecular flexibility index (Phi) is 22.7. The van der Waals surface area contributed by atoms with Gasteiger partial charge in [-0.15, -0.1) is 0 Å². The molecule has 0 aromatic heterocycles. The van der Waals surface area contributed by atoms with Crippen LogP contribution in [0.5, 0.6) is 0 Å². The molecule has 2 nitrogen and oxygen atoms in total. The molecule has 2 aromatic rings. The van der Waals surface area contributed by atoms with Gasteiger partial charge in [-0.25, -0.2) is 0 Å². The maximum absolute atomic E-state index is 5.47. The number of unbranched alkanes of at least 4 members (excludes halogenated alkanes) is 8. The Morgan fingerprint density at radius 2 is 0.721 bits per heavy atom. The van der Waals surface area contributed by atoms with Gasteiger partial charge in [0.15, 0.2) is 0 Å². The minimum Gasteiger partial charge on any atom is -0.252 e. The van der Waals surface area contributed by atoms with E-state index in [2.05, 4.69) is 77.9 Å². The van der Waals surface area contributed by atoms with E-state index in [4.69, 9.17) is 9.98 Å². The van der Waals surface area contributed by atoms with E-state index in [0.717, 1.165) is 56.3 Å². The molecule has 0 bridgehead atoms. The fourth-order valence-electron chi connectivity index (χ4n) is 5.62. The summed E-state index contributed by atoms with van der Waals surface area (Å²) in [6, 6.07) is 14.3. The minimum atomic E-state index is 0. The molecular weight excluding hydrogens is 615 g/mol. The molecule has 0 N–H and O–H groups in total. The summed E-state index contributed by atoms with van der Waals surface area (Å²) in [6.45, 7) is 13.7. The first-order valence-electron chi connectivity index (χ1n) is 18.0. The van der Waals surface area contributed by atoms with Crippen LogP contribution in [0, 0.1) is 0 Å². The summed E-state index contributed by atoms with van der Waals surface area (Å²) >= 11 is 0. The summed E-state index contributed by atoms with van der Waals surface area (Å²) in [5, 5.41) is 0. The van der Waals surface area contributed by atoms with E-state index in [1.54, 1.807) is 0 Å². The van der Waals surface area contributed by atoms with Crippen LogP contribution in [-0.2, 0) is 46.1 Å². The third-order valence-corrected chi connectivity index (χ3v) is 8.25. The molecule has 3 heteroatoms. The van der Waals surface area contributed by atoms with Crippen molar-refractivity contribution in [3.63, 3.8) is 0 Å². The number of hydrogen-bond donors (Lipinski definition) is 0. The van der Waals surface area contributed by atoms with Crippen LogP contribution in [0.1, 0.15) is 167 Å². The third kappa shape index (κ3) is 16.4. The topological polar surface area (TPSA) is 24.7 Å². The van der Waals surface area contributed by atoms with Crippen molar-refractivity contribution in [1.29, 1.82) is 0 Å². The number of hydrogen-bond acceptors (Lipinski definition) is 2. The van der Waals surface area contributed by atoms with Gasteiger partial charge in [0.2, 0.25) is 0 Å². The van der Waals surface area contributed by atoms with Gasteiger partial charge in [-0.05, 0) is 124 Å². The molecule has 43 heavy (non-hydrogen) atoms. The molecule has 0 amide bonds. The predicted octanol–water partition coefficient (Wildman–Crippen LogP) is 13.1. The van der Waals surface area contributed by atoms with Gasteiger partial charge < -0.3 is 0 Å². The molecule has 244 valence electrons. The first kappa shape index (κ1) is 39.5. The van der Waals surface area contributed by atoms with Gasteiger partial charge >= 0.3 is 0 Å². The molecule has 0 spiro atoms. The fourth-order valence-corrected chi connectivity index (χ4v) is 5.62. The molecule has 0 unspecified atom stereocenters. The average molecular weight is 679 g/mol. The summed E-state index contributed by atoms with van der Waals surface area (Å²) in [5.41, 5.74) is 10.5. The molecular formula is C40H64N2Pd. The zero-order valence-corrected chi connectivity index (χ0v) is 30.4. The first-order valence-corrected chi connectivity index (χ1v) is 18.0. The predicted molar refractivity (Wildman–Crippen MR) is 190 cm³/mol. The van der Waals surface area contributed by atoms with Gasteiger partial charge in [0.1, 0.15) is 0 Å². The second-order valence-corrected chi connectivity index (χ2v) is 12.5. The maximum atomic E-state index is 5.47. The maximum Gasteiger partial charge on any atom is 0.0639 e. The smallest absolute Gasteiger partial charge is 0.0639 e. The SMILES string of the molecule is CCCCCCC(=N\c1cc(CCCC)cc(CCCC)c1)/C(CCCC)=N/c1cc(CCCC)cc(CCCC)c1.[Pd]. The molecule has 0 fully saturated rings. The van der Waals surface area contributed by atoms with Crippen molar-refractivity contribution in [1.82, 2.24) is 0 Å². The normalized spacial score (nSPS) is 12.0. The number of benzene rings is 2. The standard InChI is InChI=1S/C40H64N2.Pd/c1-7-13-19-20-26-40(42-38-31-35(23-16-10-4)28-36(32-38)24-17-11-5)39(25-18-12-6)41-37-29-33(21-14-8-2)27-34(30-37)22-15-9-3;/h27-32H,7-26H2,1-6H3;/b41-39+,42-40+;. The van der Waals surface area contributed by atoms with Gasteiger partial charge in [-0.2, -0.15) is 0 Å². The molecule has 2 rings (SSSR count). The van der Waals surface area contributed by atoms with E-state index in [1.807, 2.05) is 0 Å². The largest absolute Gasteiger partial charge is 0.252 e. The van der Waals surface area contributed by atoms with Crippen LogP contribution in [0.2, 0.25) is 0 Å². The molecule has 2 aromatic carbocycles. The fraction of sp³-hybridized carbons (Fsp3) is 0.650. The Hall–Kier alpha value is -1.56. The van der Waals surface area contributed by atoms with Crippen molar-refractivity contribution < 1.29 is 20.4 Å². The van der Waals surface area contributed by atoms with Crippen molar-refractivity contribution in [2.24, 2.45) is 9.98 Å². The number of rotatable bonds is 23. The van der Waals surface area contributed by atoms with Crippen molar-refractivity contribution in [3.8, 4) is 0 Å². The van der Waals surface area contributed by atoms with E-state index in [9.17, 15) is 0 Å². The number of nitrogens with zero attached hydrogens (tertiary/aromatic N) is 2. The Labute approximate surface area is 280 Å². The van der Waals surface area contributed by atoms with Gasteiger partial charge in [-0.1, -0.05) is 105 Å². The van der Waals surface area contributed by atoms with Gasteiger partial charge in [-0.3, -0.25) is 9.98 Å². The van der Waals surface area contributed by atoms with E-state index in [1.165, 1.54) is 117 Å². The third-order valence-electron chi connectivity index (χ3n) is 8.25. The van der Waals surface area contributed by atoms with Crippen molar-refractivity contribution in [2.75, 3.05) is 0 Å². The summed E-state index contributed by atoms with van der Waals surface area (Å²) < 4.78 is 0. The van der Waals surface area contributed by atoms with Crippen LogP contribution in [-0.4, -0.2) is 11.4 Å². The van der Waals surface area contributed by atoms with Crippen molar-refractivity contribution >= 4 is 22.8 Å². The average Bonchev–Trinajstić information content (AvgIpc) is 3.00. The molecule has 0 aliphatic rings. The first-order chi connectivity index (χ1) is 20.6. The minimum absolute atomic E-state index is 0. The number of aliphatic imine (C=N–C) groups is 2. The van der Waals surface area contributed by atoms with E-state index in [-0.39, 0.29) is 20.4 Å². The molecule has 0 heterocycles. The Balaban J connectivity index is 0.00000924. The second kappa shape index (κ2) is 24.7. The van der Waals surface area contributed by atoms with Crippen molar-refractivity contribution in [2.45, 2.75) is 170 Å². The zero-order chi connectivity index (χ0) is 30.4. The summed E-state index contributed by atoms with van der Waals surface area (Å²) in [7, 11) is 0. The number of aryl methyl sites for hydroxylation is 4. The summed E-state index contributed by atoms with van der Waals surface area (Å²) in [6.07, 6.45) is 23.8. The van der Waals surface area contributed by atoms with Gasteiger partial charge in [0, 0.05) is 20.4 Å². The van der Waals surface area contributed by atoms with Crippen LogP contribution >= 0.6 is 0 Å². The quantitative estimate of drug-likeness (QED) is 0.0635. The van der Waals surface area contributed by atoms with Crippen LogP contribution in [0.3, 0.4) is 0 Å². The van der Waals surface area contributed by atoms with Crippen LogP contribution in [0.25, 0.3) is 0 Å². The molecule has 0 saturated carbocycles. The zero-order valence-electron chi connectivity index (χ0n) is 28.8. The Morgan fingerprint density at radius 3 is 1.05 bits per heavy atom. The Morgan fingerprint density at radius 1 is 0.395 bits per heavy atom. The summed E-state index contributed by atoms with van der Waals surface area (Å²) in [5.74, 6) is 0. The summed E-state index contributed by atoms with van der Waals surface area (Å²) in [4.78, 5) is 10.9. The van der Waals surface area contributed by atoms with Crippen LogP contribution < -0.4 is 0 Å². The van der Waals surface area contributed by atoms with Gasteiger partial charge in [0.25, 0.3) is 0 Å². The second-order valence-electron chi connectivity index (χ2n) is 12.5. The molecule has 0 aliphatic heterocycles. The monoisotopic (exact) mass is 678 g/mol. The molecule has 0 saturated heterocycles.